The molecule has 0 aliphatic carbocycles. The minimum atomic E-state index is -0.448. The molecule has 28 heavy (non-hydrogen) atoms. The van der Waals surface area contributed by atoms with Crippen LogP contribution in [0.4, 0.5) is 22.0 Å². The zero-order chi connectivity index (χ0) is 19.8. The molecule has 2 bridgehead atoms. The maximum atomic E-state index is 13.1. The third-order valence-electron chi connectivity index (χ3n) is 4.99. The maximum Gasteiger partial charge on any atom is 0.328 e. The summed E-state index contributed by atoms with van der Waals surface area (Å²) >= 11 is 0. The molecule has 0 radical (unpaired) electrons. The summed E-state index contributed by atoms with van der Waals surface area (Å²) in [5, 5.41) is 9.25. The van der Waals surface area contributed by atoms with Gasteiger partial charge in [0.2, 0.25) is 0 Å². The summed E-state index contributed by atoms with van der Waals surface area (Å²) < 4.78 is 1.16. The van der Waals surface area contributed by atoms with Gasteiger partial charge >= 0.3 is 6.03 Å². The molecule has 10 nitrogen and oxygen atoms in total. The Morgan fingerprint density at radius 3 is 2.89 bits per heavy atom. The van der Waals surface area contributed by atoms with Crippen molar-refractivity contribution in [2.45, 2.75) is 19.4 Å². The van der Waals surface area contributed by atoms with Gasteiger partial charge in [0.05, 0.1) is 11.7 Å². The summed E-state index contributed by atoms with van der Waals surface area (Å²) in [7, 11) is 1.52. The highest BCUT2D eigenvalue weighted by Crippen LogP contribution is 2.39. The van der Waals surface area contributed by atoms with Crippen molar-refractivity contribution in [1.82, 2.24) is 20.1 Å². The van der Waals surface area contributed by atoms with Crippen LogP contribution in [0.15, 0.2) is 29.2 Å². The van der Waals surface area contributed by atoms with Crippen LogP contribution < -0.4 is 26.0 Å². The van der Waals surface area contributed by atoms with Gasteiger partial charge in [-0.05, 0) is 31.5 Å². The summed E-state index contributed by atoms with van der Waals surface area (Å²) in [4.78, 5) is 45.7. The summed E-state index contributed by atoms with van der Waals surface area (Å²) in [6.07, 6.45) is 2.23. The number of nitrogens with one attached hydrogen (secondary N) is 2. The topological polar surface area (TPSA) is 112 Å². The molecule has 4 heterocycles. The highest BCUT2D eigenvalue weighted by molar-refractivity contribution is 6.05. The molecule has 0 spiro atoms. The average Bonchev–Trinajstić information content (AvgIpc) is 3.09. The maximum absolute atomic E-state index is 13.1. The third-order valence-corrected chi connectivity index (χ3v) is 4.99. The molecule has 1 saturated heterocycles. The Kier molecular flexibility index (Phi) is 4.46. The highest BCUT2D eigenvalue weighted by Gasteiger charge is 2.40. The van der Waals surface area contributed by atoms with Gasteiger partial charge in [-0.15, -0.1) is 0 Å². The zero-order valence-corrected chi connectivity index (χ0v) is 15.7. The van der Waals surface area contributed by atoms with Gasteiger partial charge in [0.1, 0.15) is 11.4 Å². The number of hydrogen-bond donors (Lipinski definition) is 2. The number of hydrogen-bond acceptors (Lipinski definition) is 6. The van der Waals surface area contributed by atoms with Crippen molar-refractivity contribution in [2.24, 2.45) is 7.05 Å². The van der Waals surface area contributed by atoms with E-state index in [2.05, 4.69) is 25.6 Å². The lowest BCUT2D eigenvalue weighted by Crippen LogP contribution is -2.49. The second-order valence-electron chi connectivity index (χ2n) is 6.76. The van der Waals surface area contributed by atoms with E-state index in [1.165, 1.54) is 19.3 Å². The van der Waals surface area contributed by atoms with E-state index >= 15 is 0 Å². The van der Waals surface area contributed by atoms with Gasteiger partial charge in [0.15, 0.2) is 5.82 Å². The fourth-order valence-corrected chi connectivity index (χ4v) is 3.63. The molecule has 1 fully saturated rings. The van der Waals surface area contributed by atoms with Crippen molar-refractivity contribution in [2.75, 3.05) is 34.8 Å². The zero-order valence-electron chi connectivity index (χ0n) is 15.7. The molecule has 3 amide bonds. The Morgan fingerprint density at radius 1 is 1.29 bits per heavy atom. The van der Waals surface area contributed by atoms with E-state index in [1.54, 1.807) is 11.0 Å². The summed E-state index contributed by atoms with van der Waals surface area (Å²) in [6.45, 7) is 3.82. The normalized spacial score (nSPS) is 17.3. The first kappa shape index (κ1) is 18.0. The van der Waals surface area contributed by atoms with E-state index in [1.807, 2.05) is 13.0 Å². The van der Waals surface area contributed by atoms with Crippen LogP contribution >= 0.6 is 0 Å². The average molecular weight is 383 g/mol. The molecule has 2 aromatic heterocycles. The van der Waals surface area contributed by atoms with Crippen molar-refractivity contribution in [3.63, 3.8) is 0 Å². The second-order valence-corrected chi connectivity index (χ2v) is 6.76. The van der Waals surface area contributed by atoms with Crippen LogP contribution in [0.1, 0.15) is 23.8 Å². The largest absolute Gasteiger partial charge is 0.366 e. The van der Waals surface area contributed by atoms with Gasteiger partial charge in [-0.2, -0.15) is 5.10 Å². The van der Waals surface area contributed by atoms with Gasteiger partial charge < -0.3 is 15.5 Å². The second kappa shape index (κ2) is 6.95. The smallest absolute Gasteiger partial charge is 0.328 e. The molecular weight excluding hydrogens is 362 g/mol. The molecule has 2 aliphatic rings. The van der Waals surface area contributed by atoms with Crippen LogP contribution in [-0.4, -0.2) is 52.4 Å². The van der Waals surface area contributed by atoms with E-state index < -0.39 is 11.6 Å². The fourth-order valence-electron chi connectivity index (χ4n) is 3.63. The number of fused-ring (bicyclic) bond motifs is 4. The standard InChI is InChI=1S/C18H21N7O3/c1-3-19-16(26)12-4-5-14-15(21-12)25(11-7-9-24(14)10-11)18(28)22-13-6-8-20-23(2)17(13)27/h4-6,8,11H,3,7,9-10H2,1-2H3,(H,19,26)(H,22,28). The Hall–Kier alpha value is -3.43. The lowest BCUT2D eigenvalue weighted by Gasteiger charge is -2.35. The number of aryl methyl sites for hydroxylation is 1. The van der Waals surface area contributed by atoms with Gasteiger partial charge in [0, 0.05) is 32.9 Å². The Bertz CT molecular complexity index is 1000. The molecule has 146 valence electrons. The van der Waals surface area contributed by atoms with Crippen molar-refractivity contribution in [1.29, 1.82) is 0 Å². The Balaban J connectivity index is 1.70. The number of amides is 3. The Labute approximate surface area is 161 Å². The van der Waals surface area contributed by atoms with Gasteiger partial charge in [0.25, 0.3) is 11.5 Å². The molecule has 0 saturated carbocycles. The molecular formula is C18H21N7O3. The SMILES string of the molecule is CCNC(=O)c1ccc2c(n1)N(C(=O)Nc1ccnn(C)c1=O)C1CCN2C1. The molecule has 10 heteroatoms. The van der Waals surface area contributed by atoms with Crippen LogP contribution in [-0.2, 0) is 7.05 Å². The summed E-state index contributed by atoms with van der Waals surface area (Å²) in [5.74, 6) is 0.141. The number of nitrogens with zero attached hydrogens (tertiary/aromatic N) is 5. The quantitative estimate of drug-likeness (QED) is 0.801. The van der Waals surface area contributed by atoms with Crippen LogP contribution in [0.3, 0.4) is 0 Å². The van der Waals surface area contributed by atoms with Crippen LogP contribution in [0.5, 0.6) is 0 Å². The van der Waals surface area contributed by atoms with Gasteiger partial charge in [-0.25, -0.2) is 14.5 Å². The van der Waals surface area contributed by atoms with E-state index in [9.17, 15) is 14.4 Å². The first-order valence-electron chi connectivity index (χ1n) is 9.16. The van der Waals surface area contributed by atoms with Crippen LogP contribution in [0.25, 0.3) is 0 Å². The van der Waals surface area contributed by atoms with Crippen molar-refractivity contribution < 1.29 is 9.59 Å². The van der Waals surface area contributed by atoms with Crippen LogP contribution in [0, 0.1) is 0 Å². The van der Waals surface area contributed by atoms with Crippen molar-refractivity contribution >= 4 is 29.1 Å². The number of anilines is 3. The van der Waals surface area contributed by atoms with E-state index in [0.717, 1.165) is 23.3 Å². The predicted octanol–water partition coefficient (Wildman–Crippen LogP) is 0.556. The predicted molar refractivity (Wildman–Crippen MR) is 104 cm³/mol. The van der Waals surface area contributed by atoms with E-state index in [0.29, 0.717) is 18.9 Å². The third kappa shape index (κ3) is 2.96. The number of urea groups is 1. The van der Waals surface area contributed by atoms with Gasteiger partial charge in [-0.3, -0.25) is 14.5 Å². The Morgan fingerprint density at radius 2 is 2.11 bits per heavy atom. The fraction of sp³-hybridized carbons (Fsp3) is 0.389. The first-order valence-corrected chi connectivity index (χ1v) is 9.16. The molecule has 4 rings (SSSR count). The first-order chi connectivity index (χ1) is 13.5. The highest BCUT2D eigenvalue weighted by atomic mass is 16.2. The molecule has 0 aromatic carbocycles. The van der Waals surface area contributed by atoms with Gasteiger partial charge in [-0.1, -0.05) is 0 Å². The lowest BCUT2D eigenvalue weighted by atomic mass is 10.1. The molecule has 1 atom stereocenters. The number of carbonyl (C=O) groups excluding carboxylic acids is 2. The van der Waals surface area contributed by atoms with Crippen molar-refractivity contribution in [3.05, 3.63) is 40.4 Å². The van der Waals surface area contributed by atoms with Crippen LogP contribution in [0.2, 0.25) is 0 Å². The molecule has 2 aliphatic heterocycles. The lowest BCUT2D eigenvalue weighted by molar-refractivity contribution is 0.0951. The number of rotatable bonds is 3. The monoisotopic (exact) mass is 383 g/mol. The van der Waals surface area contributed by atoms with E-state index in [4.69, 9.17) is 0 Å². The minimum Gasteiger partial charge on any atom is -0.366 e. The number of pyridine rings is 1. The number of carbonyl (C=O) groups is 2. The summed E-state index contributed by atoms with van der Waals surface area (Å²) in [6, 6.07) is 4.42. The molecule has 2 aromatic rings. The number of aromatic nitrogens is 3. The minimum absolute atomic E-state index is 0.0739. The van der Waals surface area contributed by atoms with E-state index in [-0.39, 0.29) is 23.3 Å². The molecule has 2 N–H and O–H groups in total. The summed E-state index contributed by atoms with van der Waals surface area (Å²) in [5.41, 5.74) is 0.801. The molecule has 1 unspecified atom stereocenters. The van der Waals surface area contributed by atoms with Crippen molar-refractivity contribution in [3.8, 4) is 0 Å².